The molecule has 0 bridgehead atoms. The summed E-state index contributed by atoms with van der Waals surface area (Å²) in [5.41, 5.74) is 1.84. The summed E-state index contributed by atoms with van der Waals surface area (Å²) < 4.78 is 0. The highest BCUT2D eigenvalue weighted by Crippen LogP contribution is 2.10. The third-order valence-corrected chi connectivity index (χ3v) is 3.01. The quantitative estimate of drug-likeness (QED) is 0.518. The zero-order chi connectivity index (χ0) is 13.0. The summed E-state index contributed by atoms with van der Waals surface area (Å²) in [7, 11) is 0. The van der Waals surface area contributed by atoms with Gasteiger partial charge in [-0.05, 0) is 5.56 Å². The Labute approximate surface area is 111 Å². The molecule has 2 aromatic rings. The summed E-state index contributed by atoms with van der Waals surface area (Å²) in [6.45, 7) is 0. The second kappa shape index (κ2) is 5.65. The molecule has 0 radical (unpaired) electrons. The van der Waals surface area contributed by atoms with E-state index in [1.54, 1.807) is 48.5 Å². The van der Waals surface area contributed by atoms with E-state index in [2.05, 4.69) is 12.6 Å². The SMILES string of the molecule is O=C(C(=O)c1ccc(CS)cc1)c1ccccc1. The largest absolute Gasteiger partial charge is 0.285 e. The third-order valence-electron chi connectivity index (χ3n) is 2.64. The number of Topliss-reactive ketones (excluding diaryl/α,β-unsaturated/α-hetero) is 2. The van der Waals surface area contributed by atoms with Crippen molar-refractivity contribution in [2.24, 2.45) is 0 Å². The Morgan fingerprint density at radius 2 is 1.28 bits per heavy atom. The molecule has 0 N–H and O–H groups in total. The Morgan fingerprint density at radius 3 is 1.78 bits per heavy atom. The first-order chi connectivity index (χ1) is 8.72. The van der Waals surface area contributed by atoms with Gasteiger partial charge in [0.1, 0.15) is 0 Å². The molecule has 2 nitrogen and oxygen atoms in total. The lowest BCUT2D eigenvalue weighted by molar-refractivity contribution is 0.0817. The average molecular weight is 256 g/mol. The standard InChI is InChI=1S/C15H12O2S/c16-14(12-4-2-1-3-5-12)15(17)13-8-6-11(10-18)7-9-13/h1-9,18H,10H2. The van der Waals surface area contributed by atoms with Crippen molar-refractivity contribution in [2.75, 3.05) is 0 Å². The minimum absolute atomic E-state index is 0.411. The van der Waals surface area contributed by atoms with Crippen molar-refractivity contribution in [3.05, 3.63) is 71.3 Å². The fourth-order valence-electron chi connectivity index (χ4n) is 1.61. The molecule has 0 aliphatic heterocycles. The zero-order valence-electron chi connectivity index (χ0n) is 9.67. The van der Waals surface area contributed by atoms with Crippen LogP contribution in [0.5, 0.6) is 0 Å². The van der Waals surface area contributed by atoms with E-state index < -0.39 is 11.6 Å². The fraction of sp³-hybridized carbons (Fsp3) is 0.0667. The summed E-state index contributed by atoms with van der Waals surface area (Å²) in [4.78, 5) is 23.9. The number of benzene rings is 2. The first-order valence-corrected chi connectivity index (χ1v) is 6.19. The Morgan fingerprint density at radius 1 is 0.778 bits per heavy atom. The van der Waals surface area contributed by atoms with Gasteiger partial charge in [0.05, 0.1) is 0 Å². The Bertz CT molecular complexity index is 559. The van der Waals surface area contributed by atoms with Crippen molar-refractivity contribution in [1.82, 2.24) is 0 Å². The monoisotopic (exact) mass is 256 g/mol. The van der Waals surface area contributed by atoms with E-state index in [1.165, 1.54) is 0 Å². The molecule has 0 amide bonds. The molecule has 18 heavy (non-hydrogen) atoms. The van der Waals surface area contributed by atoms with Crippen LogP contribution in [0.4, 0.5) is 0 Å². The van der Waals surface area contributed by atoms with E-state index in [4.69, 9.17) is 0 Å². The lowest BCUT2D eigenvalue weighted by Crippen LogP contribution is -2.14. The molecule has 90 valence electrons. The van der Waals surface area contributed by atoms with Crippen LogP contribution in [0.3, 0.4) is 0 Å². The molecule has 0 heterocycles. The molecule has 0 aliphatic carbocycles. The fourth-order valence-corrected chi connectivity index (χ4v) is 1.82. The van der Waals surface area contributed by atoms with E-state index in [0.29, 0.717) is 16.9 Å². The van der Waals surface area contributed by atoms with Crippen LogP contribution in [0.15, 0.2) is 54.6 Å². The van der Waals surface area contributed by atoms with E-state index in [9.17, 15) is 9.59 Å². The molecule has 0 aliphatic rings. The molecule has 0 aromatic heterocycles. The highest BCUT2D eigenvalue weighted by Gasteiger charge is 2.17. The van der Waals surface area contributed by atoms with Crippen LogP contribution >= 0.6 is 12.6 Å². The lowest BCUT2D eigenvalue weighted by Gasteiger charge is -2.01. The third kappa shape index (κ3) is 2.68. The van der Waals surface area contributed by atoms with E-state index in [0.717, 1.165) is 5.56 Å². The summed E-state index contributed by atoms with van der Waals surface area (Å²) in [6.07, 6.45) is 0. The van der Waals surface area contributed by atoms with Crippen molar-refractivity contribution in [2.45, 2.75) is 5.75 Å². The first kappa shape index (κ1) is 12.6. The number of thiol groups is 1. The lowest BCUT2D eigenvalue weighted by atomic mass is 10.0. The number of rotatable bonds is 4. The van der Waals surface area contributed by atoms with Gasteiger partial charge in [-0.25, -0.2) is 0 Å². The second-order valence-electron chi connectivity index (χ2n) is 3.88. The highest BCUT2D eigenvalue weighted by atomic mass is 32.1. The molecular weight excluding hydrogens is 244 g/mol. The molecule has 0 saturated carbocycles. The average Bonchev–Trinajstić information content (AvgIpc) is 2.47. The highest BCUT2D eigenvalue weighted by molar-refractivity contribution is 7.79. The molecule has 2 aromatic carbocycles. The van der Waals surface area contributed by atoms with Crippen LogP contribution in [-0.4, -0.2) is 11.6 Å². The first-order valence-electron chi connectivity index (χ1n) is 5.56. The van der Waals surface area contributed by atoms with Crippen molar-refractivity contribution >= 4 is 24.2 Å². The van der Waals surface area contributed by atoms with E-state index in [1.807, 2.05) is 6.07 Å². The molecule has 3 heteroatoms. The maximum Gasteiger partial charge on any atom is 0.233 e. The number of carbonyl (C=O) groups excluding carboxylic acids is 2. The topological polar surface area (TPSA) is 34.1 Å². The van der Waals surface area contributed by atoms with Gasteiger partial charge in [0, 0.05) is 16.9 Å². The Hall–Kier alpha value is -1.87. The number of carbonyl (C=O) groups is 2. The van der Waals surface area contributed by atoms with Gasteiger partial charge in [-0.15, -0.1) is 0 Å². The van der Waals surface area contributed by atoms with Crippen LogP contribution in [0.25, 0.3) is 0 Å². The van der Waals surface area contributed by atoms with Crippen molar-refractivity contribution in [3.8, 4) is 0 Å². The van der Waals surface area contributed by atoms with Crippen LogP contribution in [0, 0.1) is 0 Å². The molecule has 0 atom stereocenters. The predicted octanol–water partition coefficient (Wildman–Crippen LogP) is 3.18. The van der Waals surface area contributed by atoms with Crippen molar-refractivity contribution < 1.29 is 9.59 Å². The molecule has 0 saturated heterocycles. The summed E-state index contributed by atoms with van der Waals surface area (Å²) in [6, 6.07) is 15.5. The van der Waals surface area contributed by atoms with Crippen LogP contribution in [0.1, 0.15) is 26.3 Å². The summed E-state index contributed by atoms with van der Waals surface area (Å²) >= 11 is 4.14. The summed E-state index contributed by atoms with van der Waals surface area (Å²) in [5, 5.41) is 0. The van der Waals surface area contributed by atoms with Gasteiger partial charge in [-0.2, -0.15) is 12.6 Å². The molecular formula is C15H12O2S. The van der Waals surface area contributed by atoms with E-state index in [-0.39, 0.29) is 0 Å². The second-order valence-corrected chi connectivity index (χ2v) is 4.20. The van der Waals surface area contributed by atoms with Crippen LogP contribution < -0.4 is 0 Å². The zero-order valence-corrected chi connectivity index (χ0v) is 10.6. The minimum atomic E-state index is -0.480. The number of ketones is 2. The van der Waals surface area contributed by atoms with Gasteiger partial charge in [0.15, 0.2) is 0 Å². The number of hydrogen-bond acceptors (Lipinski definition) is 3. The van der Waals surface area contributed by atoms with Gasteiger partial charge < -0.3 is 0 Å². The van der Waals surface area contributed by atoms with Gasteiger partial charge in [-0.3, -0.25) is 9.59 Å². The Kier molecular flexibility index (Phi) is 3.95. The molecule has 0 unspecified atom stereocenters. The maximum atomic E-state index is 12.0. The molecule has 0 fully saturated rings. The van der Waals surface area contributed by atoms with Crippen molar-refractivity contribution in [1.29, 1.82) is 0 Å². The van der Waals surface area contributed by atoms with Gasteiger partial charge in [-0.1, -0.05) is 54.6 Å². The van der Waals surface area contributed by atoms with Gasteiger partial charge >= 0.3 is 0 Å². The molecule has 0 spiro atoms. The van der Waals surface area contributed by atoms with Gasteiger partial charge in [0.25, 0.3) is 0 Å². The smallest absolute Gasteiger partial charge is 0.233 e. The minimum Gasteiger partial charge on any atom is -0.285 e. The van der Waals surface area contributed by atoms with Crippen molar-refractivity contribution in [3.63, 3.8) is 0 Å². The maximum absolute atomic E-state index is 12.0. The number of hydrogen-bond donors (Lipinski definition) is 1. The molecule has 2 rings (SSSR count). The van der Waals surface area contributed by atoms with Gasteiger partial charge in [0.2, 0.25) is 11.6 Å². The van der Waals surface area contributed by atoms with Crippen LogP contribution in [0.2, 0.25) is 0 Å². The van der Waals surface area contributed by atoms with E-state index >= 15 is 0 Å². The summed E-state index contributed by atoms with van der Waals surface area (Å²) in [5.74, 6) is -0.345. The van der Waals surface area contributed by atoms with Crippen LogP contribution in [-0.2, 0) is 5.75 Å². The Balaban J connectivity index is 2.23. The normalized spacial score (nSPS) is 10.1. The predicted molar refractivity (Wildman–Crippen MR) is 74.2 cm³/mol.